The summed E-state index contributed by atoms with van der Waals surface area (Å²) >= 11 is 5.23. The molecule has 2 aliphatic rings. The molecule has 1 aromatic rings. The van der Waals surface area contributed by atoms with Crippen LogP contribution in [0.15, 0.2) is 24.3 Å². The molecule has 6 heteroatoms. The lowest BCUT2D eigenvalue weighted by atomic mass is 9.84. The highest BCUT2D eigenvalue weighted by molar-refractivity contribution is 7.80. The van der Waals surface area contributed by atoms with E-state index in [-0.39, 0.29) is 16.8 Å². The Morgan fingerprint density at radius 3 is 2.57 bits per heavy atom. The number of benzene rings is 1. The van der Waals surface area contributed by atoms with Crippen molar-refractivity contribution < 1.29 is 13.2 Å². The number of para-hydroxylation sites is 1. The van der Waals surface area contributed by atoms with Gasteiger partial charge in [-0.1, -0.05) is 18.6 Å². The lowest BCUT2D eigenvalue weighted by molar-refractivity contribution is -0.136. The molecule has 2 nitrogen and oxygen atoms in total. The second-order valence-corrected chi connectivity index (χ2v) is 7.18. The van der Waals surface area contributed by atoms with Crippen LogP contribution in [0.5, 0.6) is 0 Å². The number of alkyl halides is 3. The molecule has 0 spiro atoms. The third-order valence-corrected chi connectivity index (χ3v) is 5.49. The number of hydrogen-bond donors (Lipinski definition) is 2. The molecule has 0 unspecified atom stereocenters. The Morgan fingerprint density at radius 2 is 1.96 bits per heavy atom. The minimum absolute atomic E-state index is 0.00218. The van der Waals surface area contributed by atoms with Gasteiger partial charge in [0.1, 0.15) is 0 Å². The molecule has 0 saturated heterocycles. The Morgan fingerprint density at radius 1 is 1.22 bits per heavy atom. The minimum atomic E-state index is -4.39. The molecule has 2 fully saturated rings. The van der Waals surface area contributed by atoms with Crippen LogP contribution in [0.1, 0.15) is 38.2 Å². The zero-order valence-corrected chi connectivity index (χ0v) is 13.8. The molecule has 126 valence electrons. The summed E-state index contributed by atoms with van der Waals surface area (Å²) in [6, 6.07) is 5.59. The van der Waals surface area contributed by atoms with Crippen molar-refractivity contribution in [2.45, 2.75) is 44.8 Å². The SMILES string of the molecule is C[C@H](NC(=S)Nc1ccccc1C(F)(F)F)[C@H]1C[C@@H]2CC[C@@H]1C2. The second kappa shape index (κ2) is 6.30. The van der Waals surface area contributed by atoms with Crippen LogP contribution in [-0.4, -0.2) is 11.2 Å². The molecule has 2 saturated carbocycles. The van der Waals surface area contributed by atoms with Gasteiger partial charge in [0.05, 0.1) is 11.3 Å². The highest BCUT2D eigenvalue weighted by Crippen LogP contribution is 2.49. The van der Waals surface area contributed by atoms with Crippen LogP contribution in [0.3, 0.4) is 0 Å². The summed E-state index contributed by atoms with van der Waals surface area (Å²) in [5.74, 6) is 2.15. The fraction of sp³-hybridized carbons (Fsp3) is 0.588. The van der Waals surface area contributed by atoms with Crippen molar-refractivity contribution in [2.24, 2.45) is 17.8 Å². The quantitative estimate of drug-likeness (QED) is 0.771. The second-order valence-electron chi connectivity index (χ2n) is 6.77. The molecule has 23 heavy (non-hydrogen) atoms. The van der Waals surface area contributed by atoms with Crippen LogP contribution >= 0.6 is 12.2 Å². The molecule has 2 bridgehead atoms. The van der Waals surface area contributed by atoms with Gasteiger partial charge in [-0.15, -0.1) is 0 Å². The van der Waals surface area contributed by atoms with Gasteiger partial charge in [0, 0.05) is 6.04 Å². The molecule has 1 aromatic carbocycles. The first-order chi connectivity index (χ1) is 10.8. The van der Waals surface area contributed by atoms with E-state index in [1.54, 1.807) is 6.07 Å². The molecule has 3 rings (SSSR count). The van der Waals surface area contributed by atoms with Gasteiger partial charge >= 0.3 is 6.18 Å². The van der Waals surface area contributed by atoms with E-state index in [4.69, 9.17) is 12.2 Å². The molecule has 0 amide bonds. The van der Waals surface area contributed by atoms with Crippen molar-refractivity contribution >= 4 is 23.0 Å². The topological polar surface area (TPSA) is 24.1 Å². The first kappa shape index (κ1) is 16.6. The molecule has 0 aromatic heterocycles. The van der Waals surface area contributed by atoms with Crippen LogP contribution in [0, 0.1) is 17.8 Å². The van der Waals surface area contributed by atoms with E-state index < -0.39 is 11.7 Å². The Hall–Kier alpha value is -1.30. The number of thiocarbonyl (C=S) groups is 1. The summed E-state index contributed by atoms with van der Waals surface area (Å²) in [7, 11) is 0. The van der Waals surface area contributed by atoms with Crippen LogP contribution in [0.4, 0.5) is 18.9 Å². The number of anilines is 1. The molecular weight excluding hydrogens is 321 g/mol. The van der Waals surface area contributed by atoms with Gasteiger partial charge in [0.15, 0.2) is 5.11 Å². The normalized spacial score (nSPS) is 27.7. The monoisotopic (exact) mass is 342 g/mol. The number of nitrogens with one attached hydrogen (secondary N) is 2. The van der Waals surface area contributed by atoms with Crippen molar-refractivity contribution in [3.05, 3.63) is 29.8 Å². The van der Waals surface area contributed by atoms with Crippen LogP contribution in [0.2, 0.25) is 0 Å². The highest BCUT2D eigenvalue weighted by atomic mass is 32.1. The summed E-state index contributed by atoms with van der Waals surface area (Å²) in [4.78, 5) is 0. The highest BCUT2D eigenvalue weighted by Gasteiger charge is 2.42. The third kappa shape index (κ3) is 3.62. The first-order valence-electron chi connectivity index (χ1n) is 8.08. The lowest BCUT2D eigenvalue weighted by Gasteiger charge is -2.29. The van der Waals surface area contributed by atoms with Crippen molar-refractivity contribution in [3.63, 3.8) is 0 Å². The van der Waals surface area contributed by atoms with Crippen molar-refractivity contribution in [3.8, 4) is 0 Å². The molecule has 2 aliphatic carbocycles. The van der Waals surface area contributed by atoms with Gasteiger partial charge in [-0.05, 0) is 68.3 Å². The Balaban J connectivity index is 1.62. The lowest BCUT2D eigenvalue weighted by Crippen LogP contribution is -2.42. The summed E-state index contributed by atoms with van der Waals surface area (Å²) in [5, 5.41) is 6.16. The van der Waals surface area contributed by atoms with E-state index in [2.05, 4.69) is 17.6 Å². The zero-order valence-electron chi connectivity index (χ0n) is 13.0. The zero-order chi connectivity index (χ0) is 16.6. The van der Waals surface area contributed by atoms with Gasteiger partial charge in [0.25, 0.3) is 0 Å². The Labute approximate surface area is 139 Å². The largest absolute Gasteiger partial charge is 0.418 e. The van der Waals surface area contributed by atoms with Gasteiger partial charge < -0.3 is 10.6 Å². The molecule has 0 radical (unpaired) electrons. The van der Waals surface area contributed by atoms with E-state index >= 15 is 0 Å². The van der Waals surface area contributed by atoms with E-state index in [9.17, 15) is 13.2 Å². The number of halogens is 3. The van der Waals surface area contributed by atoms with E-state index in [1.807, 2.05) is 0 Å². The average molecular weight is 342 g/mol. The van der Waals surface area contributed by atoms with Gasteiger partial charge in [-0.3, -0.25) is 0 Å². The van der Waals surface area contributed by atoms with Crippen LogP contribution < -0.4 is 10.6 Å². The molecule has 0 heterocycles. The number of fused-ring (bicyclic) bond motifs is 2. The minimum Gasteiger partial charge on any atom is -0.360 e. The van der Waals surface area contributed by atoms with Gasteiger partial charge in [-0.2, -0.15) is 13.2 Å². The molecule has 0 aliphatic heterocycles. The maximum atomic E-state index is 13.0. The maximum Gasteiger partial charge on any atom is 0.418 e. The van der Waals surface area contributed by atoms with Crippen LogP contribution in [0.25, 0.3) is 0 Å². The molecule has 4 atom stereocenters. The average Bonchev–Trinajstić information content (AvgIpc) is 3.09. The maximum absolute atomic E-state index is 13.0. The van der Waals surface area contributed by atoms with Crippen molar-refractivity contribution in [1.29, 1.82) is 0 Å². The summed E-state index contributed by atoms with van der Waals surface area (Å²) in [5.41, 5.74) is -0.700. The smallest absolute Gasteiger partial charge is 0.360 e. The predicted octanol–water partition coefficient (Wildman–Crippen LogP) is 4.82. The van der Waals surface area contributed by atoms with E-state index in [0.717, 1.165) is 17.9 Å². The Bertz CT molecular complexity index is 587. The Kier molecular flexibility index (Phi) is 4.54. The summed E-state index contributed by atoms with van der Waals surface area (Å²) in [6.45, 7) is 2.08. The predicted molar refractivity (Wildman–Crippen MR) is 89.2 cm³/mol. The van der Waals surface area contributed by atoms with E-state index in [0.29, 0.717) is 5.92 Å². The third-order valence-electron chi connectivity index (χ3n) is 5.27. The standard InChI is InChI=1S/C17H21F3N2S/c1-10(13-9-11-6-7-12(13)8-11)21-16(23)22-15-5-3-2-4-14(15)17(18,19)20/h2-5,10-13H,6-9H2,1H3,(H2,21,22,23)/t10-,11+,12+,13+/m0/s1. The van der Waals surface area contributed by atoms with Gasteiger partial charge in [-0.25, -0.2) is 0 Å². The molecular formula is C17H21F3N2S. The van der Waals surface area contributed by atoms with Crippen molar-refractivity contribution in [1.82, 2.24) is 5.32 Å². The van der Waals surface area contributed by atoms with Crippen LogP contribution in [-0.2, 0) is 6.18 Å². The van der Waals surface area contributed by atoms with E-state index in [1.165, 1.54) is 37.8 Å². The molecule has 2 N–H and O–H groups in total. The summed E-state index contributed by atoms with van der Waals surface area (Å²) in [6.07, 6.45) is 0.720. The van der Waals surface area contributed by atoms with Gasteiger partial charge in [0.2, 0.25) is 0 Å². The van der Waals surface area contributed by atoms with Crippen molar-refractivity contribution in [2.75, 3.05) is 5.32 Å². The first-order valence-corrected chi connectivity index (χ1v) is 8.49. The fourth-order valence-electron chi connectivity index (χ4n) is 4.22. The fourth-order valence-corrected chi connectivity index (χ4v) is 4.51. The number of rotatable bonds is 3. The summed E-state index contributed by atoms with van der Waals surface area (Å²) < 4.78 is 39.0. The number of hydrogen-bond acceptors (Lipinski definition) is 1.